The molecule has 0 atom stereocenters. The number of hydrogen-bond donors (Lipinski definition) is 2. The van der Waals surface area contributed by atoms with E-state index in [-0.39, 0.29) is 15.8 Å². The lowest BCUT2D eigenvalue weighted by molar-refractivity contribution is -0.896. The fourth-order valence-corrected chi connectivity index (χ4v) is 5.70. The van der Waals surface area contributed by atoms with E-state index in [0.717, 1.165) is 45.2 Å². The highest BCUT2D eigenvalue weighted by atomic mass is 35.5. The zero-order valence-electron chi connectivity index (χ0n) is 15.0. The van der Waals surface area contributed by atoms with Crippen LogP contribution < -0.4 is 10.2 Å². The van der Waals surface area contributed by atoms with Crippen molar-refractivity contribution in [1.29, 1.82) is 0 Å². The van der Waals surface area contributed by atoms with Crippen LogP contribution in [0, 0.1) is 0 Å². The fourth-order valence-electron chi connectivity index (χ4n) is 3.68. The van der Waals surface area contributed by atoms with Crippen LogP contribution in [0.3, 0.4) is 0 Å². The Kier molecular flexibility index (Phi) is 6.55. The average molecular weight is 401 g/mol. The summed E-state index contributed by atoms with van der Waals surface area (Å²) in [4.78, 5) is 13.7. The highest BCUT2D eigenvalue weighted by Gasteiger charge is 2.28. The Morgan fingerprint density at radius 2 is 1.73 bits per heavy atom. The summed E-state index contributed by atoms with van der Waals surface area (Å²) in [6, 6.07) is 4.68. The smallest absolute Gasteiger partial charge is 0.279 e. The third-order valence-electron chi connectivity index (χ3n) is 5.12. The summed E-state index contributed by atoms with van der Waals surface area (Å²) >= 11 is 6.17. The van der Waals surface area contributed by atoms with E-state index in [9.17, 15) is 13.2 Å². The van der Waals surface area contributed by atoms with Crippen molar-refractivity contribution in [1.82, 2.24) is 4.31 Å². The molecule has 2 fully saturated rings. The number of rotatable bonds is 5. The zero-order valence-corrected chi connectivity index (χ0v) is 16.5. The normalized spacial score (nSPS) is 20.0. The first-order valence-corrected chi connectivity index (χ1v) is 11.2. The molecule has 1 aromatic carbocycles. The minimum absolute atomic E-state index is 0.0733. The molecule has 0 radical (unpaired) electrons. The van der Waals surface area contributed by atoms with Gasteiger partial charge in [0.2, 0.25) is 10.0 Å². The van der Waals surface area contributed by atoms with Gasteiger partial charge in [-0.3, -0.25) is 4.79 Å². The molecule has 2 N–H and O–H groups in total. The summed E-state index contributed by atoms with van der Waals surface area (Å²) in [6.45, 7) is 3.49. The van der Waals surface area contributed by atoms with Crippen LogP contribution in [0.2, 0.25) is 5.02 Å². The van der Waals surface area contributed by atoms with Crippen LogP contribution >= 0.6 is 11.6 Å². The quantitative estimate of drug-likeness (QED) is 0.787. The zero-order chi connectivity index (χ0) is 18.6. The van der Waals surface area contributed by atoms with Crippen molar-refractivity contribution in [2.45, 2.75) is 43.4 Å². The van der Waals surface area contributed by atoms with Crippen LogP contribution in [0.25, 0.3) is 0 Å². The number of likely N-dealkylation sites (tertiary alicyclic amines) is 1. The molecule has 0 bridgehead atoms. The van der Waals surface area contributed by atoms with Gasteiger partial charge in [0.05, 0.1) is 18.1 Å². The molecular formula is C18H27ClN3O3S+. The van der Waals surface area contributed by atoms with Crippen molar-refractivity contribution in [2.75, 3.05) is 38.0 Å². The number of piperidine rings is 2. The highest BCUT2D eigenvalue weighted by molar-refractivity contribution is 7.89. The Labute approximate surface area is 160 Å². The third kappa shape index (κ3) is 4.76. The number of nitrogens with zero attached hydrogens (tertiary/aromatic N) is 1. The first kappa shape index (κ1) is 19.6. The van der Waals surface area contributed by atoms with Crippen LogP contribution in [0.5, 0.6) is 0 Å². The Hall–Kier alpha value is -1.15. The molecule has 1 aromatic rings. The second kappa shape index (κ2) is 8.69. The van der Waals surface area contributed by atoms with E-state index in [4.69, 9.17) is 11.6 Å². The molecule has 1 amide bonds. The largest absolute Gasteiger partial charge is 0.327 e. The lowest BCUT2D eigenvalue weighted by Gasteiger charge is -2.26. The predicted molar refractivity (Wildman–Crippen MR) is 102 cm³/mol. The van der Waals surface area contributed by atoms with E-state index in [1.165, 1.54) is 21.7 Å². The van der Waals surface area contributed by atoms with E-state index >= 15 is 0 Å². The van der Waals surface area contributed by atoms with Gasteiger partial charge in [-0.2, -0.15) is 4.31 Å². The molecular weight excluding hydrogens is 374 g/mol. The van der Waals surface area contributed by atoms with E-state index in [1.54, 1.807) is 12.1 Å². The lowest BCUT2D eigenvalue weighted by Crippen LogP contribution is -3.13. The maximum Gasteiger partial charge on any atom is 0.279 e. The number of sulfonamides is 1. The van der Waals surface area contributed by atoms with E-state index in [1.807, 2.05) is 0 Å². The second-order valence-corrected chi connectivity index (χ2v) is 9.46. The van der Waals surface area contributed by atoms with Crippen molar-refractivity contribution >= 4 is 33.2 Å². The maximum atomic E-state index is 12.9. The Morgan fingerprint density at radius 1 is 1.08 bits per heavy atom. The molecule has 2 aliphatic rings. The third-order valence-corrected chi connectivity index (χ3v) is 7.50. The minimum atomic E-state index is -3.63. The summed E-state index contributed by atoms with van der Waals surface area (Å²) in [5.74, 6) is -0.0921. The Morgan fingerprint density at radius 3 is 2.42 bits per heavy atom. The molecule has 2 saturated heterocycles. The molecule has 8 heteroatoms. The van der Waals surface area contributed by atoms with Crippen LogP contribution in [-0.2, 0) is 14.8 Å². The van der Waals surface area contributed by atoms with Crippen molar-refractivity contribution in [2.24, 2.45) is 0 Å². The summed E-state index contributed by atoms with van der Waals surface area (Å²) in [5.41, 5.74) is 0.478. The number of amides is 1. The van der Waals surface area contributed by atoms with Gasteiger partial charge in [0.1, 0.15) is 4.90 Å². The van der Waals surface area contributed by atoms with Crippen LogP contribution in [-0.4, -0.2) is 51.4 Å². The monoisotopic (exact) mass is 400 g/mol. The Balaban J connectivity index is 1.71. The number of quaternary nitrogens is 1. The molecule has 3 rings (SSSR count). The van der Waals surface area contributed by atoms with Crippen LogP contribution in [0.4, 0.5) is 5.69 Å². The molecule has 2 heterocycles. The molecule has 6 nitrogen and oxygen atoms in total. The van der Waals surface area contributed by atoms with Gasteiger partial charge in [-0.15, -0.1) is 0 Å². The Bertz CT molecular complexity index is 742. The lowest BCUT2D eigenvalue weighted by atomic mass is 10.1. The SMILES string of the molecule is O=C(C[NH+]1CCCCC1)Nc1ccc(Cl)c(S(=O)(=O)N2CCCCC2)c1. The van der Waals surface area contributed by atoms with Crippen molar-refractivity contribution in [3.05, 3.63) is 23.2 Å². The van der Waals surface area contributed by atoms with Crippen molar-refractivity contribution in [3.8, 4) is 0 Å². The number of hydrogen-bond acceptors (Lipinski definition) is 3. The summed E-state index contributed by atoms with van der Waals surface area (Å²) in [5, 5.41) is 3.02. The van der Waals surface area contributed by atoms with Gasteiger partial charge in [-0.1, -0.05) is 18.0 Å². The highest BCUT2D eigenvalue weighted by Crippen LogP contribution is 2.29. The average Bonchev–Trinajstić information content (AvgIpc) is 2.64. The van der Waals surface area contributed by atoms with Gasteiger partial charge >= 0.3 is 0 Å². The molecule has 0 aromatic heterocycles. The van der Waals surface area contributed by atoms with Gasteiger partial charge in [0.15, 0.2) is 6.54 Å². The molecule has 0 aliphatic carbocycles. The van der Waals surface area contributed by atoms with Gasteiger partial charge in [-0.05, 0) is 50.3 Å². The number of nitrogens with one attached hydrogen (secondary N) is 2. The number of carbonyl (C=O) groups excluding carboxylic acids is 1. The molecule has 26 heavy (non-hydrogen) atoms. The number of benzene rings is 1. The maximum absolute atomic E-state index is 12.9. The van der Waals surface area contributed by atoms with E-state index in [2.05, 4.69) is 5.32 Å². The second-order valence-electron chi connectivity index (χ2n) is 7.15. The standard InChI is InChI=1S/C18H26ClN3O3S/c19-16-8-7-15(20-18(23)14-21-9-3-1-4-10-21)13-17(16)26(24,25)22-11-5-2-6-12-22/h7-8,13H,1-6,9-12,14H2,(H,20,23)/p+1. The van der Waals surface area contributed by atoms with Gasteiger partial charge < -0.3 is 10.2 Å². The fraction of sp³-hybridized carbons (Fsp3) is 0.611. The first-order valence-electron chi connectivity index (χ1n) is 9.40. The summed E-state index contributed by atoms with van der Waals surface area (Å²) < 4.78 is 27.3. The van der Waals surface area contributed by atoms with Gasteiger partial charge in [0.25, 0.3) is 5.91 Å². The molecule has 2 aliphatic heterocycles. The van der Waals surface area contributed by atoms with E-state index in [0.29, 0.717) is 25.3 Å². The topological polar surface area (TPSA) is 70.9 Å². The van der Waals surface area contributed by atoms with Gasteiger partial charge in [0, 0.05) is 18.8 Å². The molecule has 0 unspecified atom stereocenters. The van der Waals surface area contributed by atoms with Gasteiger partial charge in [-0.25, -0.2) is 8.42 Å². The number of halogens is 1. The molecule has 0 spiro atoms. The summed E-state index contributed by atoms with van der Waals surface area (Å²) in [7, 11) is -3.63. The van der Waals surface area contributed by atoms with Crippen molar-refractivity contribution in [3.63, 3.8) is 0 Å². The molecule has 144 valence electrons. The minimum Gasteiger partial charge on any atom is -0.327 e. The van der Waals surface area contributed by atoms with Crippen LogP contribution in [0.1, 0.15) is 38.5 Å². The van der Waals surface area contributed by atoms with Crippen molar-refractivity contribution < 1.29 is 18.1 Å². The van der Waals surface area contributed by atoms with E-state index < -0.39 is 10.0 Å². The summed E-state index contributed by atoms with van der Waals surface area (Å²) in [6.07, 6.45) is 6.33. The number of carbonyl (C=O) groups is 1. The first-order chi connectivity index (χ1) is 12.5. The number of anilines is 1. The molecule has 0 saturated carbocycles. The predicted octanol–water partition coefficient (Wildman–Crippen LogP) is 1.52. The van der Waals surface area contributed by atoms with Crippen LogP contribution in [0.15, 0.2) is 23.1 Å².